The standard InChI is InChI=1S/C21H29N9O/c1-15-27-28-20(29(15)2)12-23-21(22-11-10-16-4-7-18(31-3)8-5-16)26-17-6-9-19-24-14-25-30(19)13-17/h4-5,7-8,14,17H,6,9-13H2,1-3H3,(H2,22,23,26). The number of aliphatic imine (C=N–C) groups is 1. The summed E-state index contributed by atoms with van der Waals surface area (Å²) in [7, 11) is 3.63. The van der Waals surface area contributed by atoms with E-state index >= 15 is 0 Å². The third-order valence-corrected chi connectivity index (χ3v) is 5.57. The summed E-state index contributed by atoms with van der Waals surface area (Å²) in [6, 6.07) is 8.37. The molecule has 1 aliphatic rings. The van der Waals surface area contributed by atoms with Gasteiger partial charge in [-0.25, -0.2) is 14.7 Å². The third kappa shape index (κ3) is 5.19. The number of rotatable bonds is 7. The van der Waals surface area contributed by atoms with Gasteiger partial charge in [0.15, 0.2) is 11.8 Å². The Balaban J connectivity index is 1.40. The molecule has 10 nitrogen and oxygen atoms in total. The minimum atomic E-state index is 0.239. The number of aromatic nitrogens is 6. The van der Waals surface area contributed by atoms with Crippen LogP contribution in [-0.4, -0.2) is 55.2 Å². The van der Waals surface area contributed by atoms with E-state index in [-0.39, 0.29) is 6.04 Å². The molecule has 0 saturated carbocycles. The van der Waals surface area contributed by atoms with Gasteiger partial charge < -0.3 is 19.9 Å². The summed E-state index contributed by atoms with van der Waals surface area (Å²) in [6.45, 7) is 3.93. The molecule has 1 unspecified atom stereocenters. The number of guanidine groups is 1. The highest BCUT2D eigenvalue weighted by Crippen LogP contribution is 2.12. The predicted octanol–water partition coefficient (Wildman–Crippen LogP) is 1.02. The Kier molecular flexibility index (Phi) is 6.44. The van der Waals surface area contributed by atoms with E-state index in [0.29, 0.717) is 6.54 Å². The normalized spacial score (nSPS) is 16.1. The lowest BCUT2D eigenvalue weighted by Crippen LogP contribution is -2.47. The molecule has 1 aliphatic heterocycles. The lowest BCUT2D eigenvalue weighted by Gasteiger charge is -2.25. The molecule has 31 heavy (non-hydrogen) atoms. The quantitative estimate of drug-likeness (QED) is 0.431. The lowest BCUT2D eigenvalue weighted by molar-refractivity contribution is 0.392. The molecule has 0 amide bonds. The molecule has 0 bridgehead atoms. The average Bonchev–Trinajstić information content (AvgIpc) is 3.38. The summed E-state index contributed by atoms with van der Waals surface area (Å²) in [6.07, 6.45) is 4.39. The number of nitrogens with one attached hydrogen (secondary N) is 2. The van der Waals surface area contributed by atoms with Gasteiger partial charge in [-0.05, 0) is 37.5 Å². The first-order chi connectivity index (χ1) is 15.1. The molecular formula is C21H29N9O. The first-order valence-corrected chi connectivity index (χ1v) is 10.5. The van der Waals surface area contributed by atoms with Crippen molar-refractivity contribution in [3.8, 4) is 5.75 Å². The summed E-state index contributed by atoms with van der Waals surface area (Å²) in [5.74, 6) is 4.37. The second-order valence-corrected chi connectivity index (χ2v) is 7.65. The van der Waals surface area contributed by atoms with Crippen molar-refractivity contribution < 1.29 is 4.74 Å². The topological polar surface area (TPSA) is 107 Å². The van der Waals surface area contributed by atoms with Gasteiger partial charge in [0, 0.05) is 26.1 Å². The number of nitrogens with zero attached hydrogens (tertiary/aromatic N) is 7. The van der Waals surface area contributed by atoms with Crippen LogP contribution in [0.25, 0.3) is 0 Å². The van der Waals surface area contributed by atoms with Crippen LogP contribution in [0.5, 0.6) is 5.75 Å². The van der Waals surface area contributed by atoms with Gasteiger partial charge in [0.05, 0.1) is 13.7 Å². The van der Waals surface area contributed by atoms with E-state index in [1.165, 1.54) is 5.56 Å². The van der Waals surface area contributed by atoms with Crippen LogP contribution in [0.1, 0.15) is 29.5 Å². The first-order valence-electron chi connectivity index (χ1n) is 10.5. The summed E-state index contributed by atoms with van der Waals surface area (Å²) in [5.41, 5.74) is 1.24. The number of methoxy groups -OCH3 is 1. The molecule has 164 valence electrons. The molecule has 0 aliphatic carbocycles. The highest BCUT2D eigenvalue weighted by Gasteiger charge is 2.20. The molecule has 0 fully saturated rings. The minimum absolute atomic E-state index is 0.239. The zero-order chi connectivity index (χ0) is 21.6. The second-order valence-electron chi connectivity index (χ2n) is 7.65. The Bertz CT molecular complexity index is 1020. The highest BCUT2D eigenvalue weighted by atomic mass is 16.5. The Morgan fingerprint density at radius 2 is 2.10 bits per heavy atom. The molecule has 3 aromatic rings. The van der Waals surface area contributed by atoms with Crippen LogP contribution in [-0.2, 0) is 33.0 Å². The van der Waals surface area contributed by atoms with Gasteiger partial charge in [-0.2, -0.15) is 5.10 Å². The number of benzene rings is 1. The largest absolute Gasteiger partial charge is 0.497 e. The van der Waals surface area contributed by atoms with Gasteiger partial charge in [0.2, 0.25) is 0 Å². The molecule has 0 spiro atoms. The van der Waals surface area contributed by atoms with Crippen molar-refractivity contribution in [3.05, 3.63) is 53.6 Å². The maximum absolute atomic E-state index is 5.23. The molecule has 1 atom stereocenters. The Hall–Kier alpha value is -3.43. The summed E-state index contributed by atoms with van der Waals surface area (Å²) >= 11 is 0. The van der Waals surface area contributed by atoms with E-state index < -0.39 is 0 Å². The number of fused-ring (bicyclic) bond motifs is 1. The summed E-state index contributed by atoms with van der Waals surface area (Å²) in [4.78, 5) is 9.08. The number of hydrogen-bond acceptors (Lipinski definition) is 6. The van der Waals surface area contributed by atoms with Crippen LogP contribution in [0.2, 0.25) is 0 Å². The molecule has 0 saturated heterocycles. The average molecular weight is 424 g/mol. The molecule has 0 radical (unpaired) electrons. The fourth-order valence-electron chi connectivity index (χ4n) is 3.56. The molecule has 2 N–H and O–H groups in total. The number of aryl methyl sites for hydroxylation is 2. The maximum Gasteiger partial charge on any atom is 0.192 e. The molecule has 3 heterocycles. The van der Waals surface area contributed by atoms with Crippen molar-refractivity contribution in [2.24, 2.45) is 12.0 Å². The van der Waals surface area contributed by atoms with Crippen LogP contribution in [0, 0.1) is 6.92 Å². The molecule has 1 aromatic carbocycles. The van der Waals surface area contributed by atoms with Crippen LogP contribution in [0.4, 0.5) is 0 Å². The smallest absolute Gasteiger partial charge is 0.192 e. The van der Waals surface area contributed by atoms with Gasteiger partial charge in [0.25, 0.3) is 0 Å². The van der Waals surface area contributed by atoms with E-state index in [0.717, 1.165) is 61.5 Å². The molecule has 2 aromatic heterocycles. The molecular weight excluding hydrogens is 394 g/mol. The Labute approximate surface area is 181 Å². The van der Waals surface area contributed by atoms with Crippen molar-refractivity contribution in [3.63, 3.8) is 0 Å². The van der Waals surface area contributed by atoms with Gasteiger partial charge in [0.1, 0.15) is 30.3 Å². The van der Waals surface area contributed by atoms with Gasteiger partial charge in [-0.3, -0.25) is 0 Å². The van der Waals surface area contributed by atoms with E-state index in [2.05, 4.69) is 43.0 Å². The predicted molar refractivity (Wildman–Crippen MR) is 117 cm³/mol. The van der Waals surface area contributed by atoms with Crippen LogP contribution < -0.4 is 15.4 Å². The zero-order valence-electron chi connectivity index (χ0n) is 18.2. The van der Waals surface area contributed by atoms with Crippen LogP contribution in [0.15, 0.2) is 35.6 Å². The van der Waals surface area contributed by atoms with Crippen LogP contribution >= 0.6 is 0 Å². The van der Waals surface area contributed by atoms with E-state index in [9.17, 15) is 0 Å². The van der Waals surface area contributed by atoms with Crippen LogP contribution in [0.3, 0.4) is 0 Å². The first kappa shape index (κ1) is 20.8. The van der Waals surface area contributed by atoms with Gasteiger partial charge >= 0.3 is 0 Å². The minimum Gasteiger partial charge on any atom is -0.497 e. The summed E-state index contributed by atoms with van der Waals surface area (Å²) < 4.78 is 9.15. The van der Waals surface area contributed by atoms with E-state index in [4.69, 9.17) is 9.73 Å². The van der Waals surface area contributed by atoms with Crippen molar-refractivity contribution >= 4 is 5.96 Å². The Morgan fingerprint density at radius 3 is 2.84 bits per heavy atom. The fraction of sp³-hybridized carbons (Fsp3) is 0.476. The highest BCUT2D eigenvalue weighted by molar-refractivity contribution is 5.80. The molecule has 4 rings (SSSR count). The summed E-state index contributed by atoms with van der Waals surface area (Å²) in [5, 5.41) is 19.7. The van der Waals surface area contributed by atoms with Gasteiger partial charge in [-0.15, -0.1) is 10.2 Å². The third-order valence-electron chi connectivity index (χ3n) is 5.57. The SMILES string of the molecule is COc1ccc(CCNC(=NCc2nnc(C)n2C)NC2CCc3ncnn3C2)cc1. The number of ether oxygens (including phenoxy) is 1. The molecule has 10 heteroatoms. The lowest BCUT2D eigenvalue weighted by atomic mass is 10.1. The van der Waals surface area contributed by atoms with Crippen molar-refractivity contribution in [2.75, 3.05) is 13.7 Å². The van der Waals surface area contributed by atoms with Gasteiger partial charge in [-0.1, -0.05) is 12.1 Å². The maximum atomic E-state index is 5.23. The van der Waals surface area contributed by atoms with Crippen molar-refractivity contribution in [1.82, 2.24) is 40.2 Å². The monoisotopic (exact) mass is 423 g/mol. The Morgan fingerprint density at radius 1 is 1.26 bits per heavy atom. The van der Waals surface area contributed by atoms with Crippen molar-refractivity contribution in [2.45, 2.75) is 45.3 Å². The fourth-order valence-corrected chi connectivity index (χ4v) is 3.56. The second kappa shape index (κ2) is 9.59. The number of hydrogen-bond donors (Lipinski definition) is 2. The van der Waals surface area contributed by atoms with E-state index in [1.807, 2.05) is 35.4 Å². The van der Waals surface area contributed by atoms with E-state index in [1.54, 1.807) is 13.4 Å². The van der Waals surface area contributed by atoms with Crippen molar-refractivity contribution in [1.29, 1.82) is 0 Å². The zero-order valence-corrected chi connectivity index (χ0v) is 18.2.